The third-order valence-electron chi connectivity index (χ3n) is 2.80. The molecule has 0 spiro atoms. The summed E-state index contributed by atoms with van der Waals surface area (Å²) in [7, 11) is 0. The van der Waals surface area contributed by atoms with E-state index < -0.39 is 0 Å². The van der Waals surface area contributed by atoms with E-state index in [9.17, 15) is 0 Å². The van der Waals surface area contributed by atoms with E-state index in [4.69, 9.17) is 0 Å². The molecule has 0 aliphatic rings. The van der Waals surface area contributed by atoms with Crippen molar-refractivity contribution in [3.05, 3.63) is 71.8 Å². The van der Waals surface area contributed by atoms with E-state index in [1.54, 1.807) is 0 Å². The number of aryl methyl sites for hydroxylation is 2. The zero-order valence-corrected chi connectivity index (χ0v) is 12.7. The Bertz CT molecular complexity index is 491. The Morgan fingerprint density at radius 3 is 2.00 bits per heavy atom. The third-order valence-corrected chi connectivity index (χ3v) is 2.80. The van der Waals surface area contributed by atoms with Crippen LogP contribution in [0.4, 0.5) is 0 Å². The molecule has 84 valence electrons. The van der Waals surface area contributed by atoms with Crippen LogP contribution in [0.2, 0.25) is 0 Å². The fourth-order valence-electron chi connectivity index (χ4n) is 1.86. The molecule has 0 radical (unpaired) electrons. The molecule has 0 fully saturated rings. The maximum atomic E-state index is 2.18. The van der Waals surface area contributed by atoms with Crippen molar-refractivity contribution in [2.75, 3.05) is 0 Å². The van der Waals surface area contributed by atoms with Crippen LogP contribution < -0.4 is 0 Å². The summed E-state index contributed by atoms with van der Waals surface area (Å²) in [6.07, 6.45) is 0. The van der Waals surface area contributed by atoms with Gasteiger partial charge in [0.25, 0.3) is 0 Å². The maximum Gasteiger partial charge on any atom is 2.00 e. The molecule has 1 heteroatoms. The van der Waals surface area contributed by atoms with E-state index in [-0.39, 0.29) is 26.2 Å². The van der Waals surface area contributed by atoms with Crippen LogP contribution >= 0.6 is 0 Å². The van der Waals surface area contributed by atoms with Crippen molar-refractivity contribution in [1.82, 2.24) is 0 Å². The zero-order valence-electron chi connectivity index (χ0n) is 10.3. The maximum absolute atomic E-state index is 2.18. The monoisotopic (exact) mass is 298 g/mol. The summed E-state index contributed by atoms with van der Waals surface area (Å²) in [6.45, 7) is 4.31. The Morgan fingerprint density at radius 1 is 0.824 bits per heavy atom. The SMILES string of the molecule is Cc1ccc(C)c2[cH-]ccc12.[Zr+2].c1cc[cH-]c1. The molecular weight excluding hydrogens is 283 g/mol. The second kappa shape index (κ2) is 6.71. The molecule has 0 aliphatic carbocycles. The number of rotatable bonds is 0. The van der Waals surface area contributed by atoms with Gasteiger partial charge in [-0.2, -0.15) is 30.3 Å². The smallest absolute Gasteiger partial charge is 0.214 e. The van der Waals surface area contributed by atoms with E-state index in [1.165, 1.54) is 21.9 Å². The number of fused-ring (bicyclic) bond motifs is 1. The first kappa shape index (κ1) is 14.1. The number of hydrogen-bond donors (Lipinski definition) is 0. The molecule has 17 heavy (non-hydrogen) atoms. The van der Waals surface area contributed by atoms with E-state index in [0.717, 1.165) is 0 Å². The van der Waals surface area contributed by atoms with Gasteiger partial charge in [-0.25, -0.2) is 12.1 Å². The largest absolute Gasteiger partial charge is 2.00 e. The topological polar surface area (TPSA) is 0 Å². The molecule has 3 aromatic carbocycles. The van der Waals surface area contributed by atoms with Gasteiger partial charge in [-0.3, -0.25) is 0 Å². The molecule has 0 saturated carbocycles. The molecule has 0 nitrogen and oxygen atoms in total. The summed E-state index contributed by atoms with van der Waals surface area (Å²) in [5.41, 5.74) is 2.74. The normalized spacial score (nSPS) is 9.29. The van der Waals surface area contributed by atoms with Crippen molar-refractivity contribution in [2.24, 2.45) is 0 Å². The molecule has 0 heterocycles. The fraction of sp³-hybridized carbons (Fsp3) is 0.125. The average molecular weight is 300 g/mol. The van der Waals surface area contributed by atoms with Crippen LogP contribution in [0, 0.1) is 13.8 Å². The molecule has 0 aromatic heterocycles. The molecule has 3 rings (SSSR count). The van der Waals surface area contributed by atoms with Crippen LogP contribution in [0.1, 0.15) is 11.1 Å². The van der Waals surface area contributed by atoms with Crippen molar-refractivity contribution < 1.29 is 26.2 Å². The molecule has 0 unspecified atom stereocenters. The van der Waals surface area contributed by atoms with E-state index >= 15 is 0 Å². The van der Waals surface area contributed by atoms with E-state index in [0.29, 0.717) is 0 Å². The summed E-state index contributed by atoms with van der Waals surface area (Å²) in [5.74, 6) is 0. The van der Waals surface area contributed by atoms with Gasteiger partial charge in [-0.15, -0.1) is 28.5 Å². The molecule has 0 atom stereocenters. The van der Waals surface area contributed by atoms with Crippen LogP contribution in [0.15, 0.2) is 60.7 Å². The first-order chi connectivity index (χ1) is 7.79. The molecule has 0 saturated heterocycles. The van der Waals surface area contributed by atoms with Gasteiger partial charge < -0.3 is 0 Å². The van der Waals surface area contributed by atoms with Gasteiger partial charge in [0, 0.05) is 0 Å². The van der Waals surface area contributed by atoms with Crippen LogP contribution in [0.3, 0.4) is 0 Å². The zero-order chi connectivity index (χ0) is 11.4. The second-order valence-corrected chi connectivity index (χ2v) is 4.01. The van der Waals surface area contributed by atoms with Crippen LogP contribution in [-0.2, 0) is 26.2 Å². The van der Waals surface area contributed by atoms with Crippen molar-refractivity contribution in [3.63, 3.8) is 0 Å². The van der Waals surface area contributed by atoms with Crippen LogP contribution in [0.25, 0.3) is 10.8 Å². The van der Waals surface area contributed by atoms with Crippen molar-refractivity contribution in [1.29, 1.82) is 0 Å². The third kappa shape index (κ3) is 3.51. The summed E-state index contributed by atoms with van der Waals surface area (Å²) in [5, 5.41) is 2.79. The molecule has 0 aliphatic heterocycles. The van der Waals surface area contributed by atoms with E-state index in [2.05, 4.69) is 44.2 Å². The fourth-order valence-corrected chi connectivity index (χ4v) is 1.86. The average Bonchev–Trinajstić information content (AvgIpc) is 2.94. The predicted octanol–water partition coefficient (Wildman–Crippen LogP) is 4.58. The summed E-state index contributed by atoms with van der Waals surface area (Å²) in [6, 6.07) is 20.8. The molecule has 0 N–H and O–H groups in total. The Labute approximate surface area is 122 Å². The van der Waals surface area contributed by atoms with Gasteiger partial charge in [0.05, 0.1) is 0 Å². The van der Waals surface area contributed by atoms with Gasteiger partial charge >= 0.3 is 26.2 Å². The van der Waals surface area contributed by atoms with Gasteiger partial charge in [0.15, 0.2) is 0 Å². The molecule has 0 amide bonds. The quantitative estimate of drug-likeness (QED) is 0.533. The summed E-state index contributed by atoms with van der Waals surface area (Å²) >= 11 is 0. The Kier molecular flexibility index (Phi) is 5.58. The van der Waals surface area contributed by atoms with Crippen LogP contribution in [-0.4, -0.2) is 0 Å². The predicted molar refractivity (Wildman–Crippen MR) is 71.1 cm³/mol. The Hall–Kier alpha value is -0.937. The first-order valence-electron chi connectivity index (χ1n) is 5.57. The van der Waals surface area contributed by atoms with Gasteiger partial charge in [-0.05, 0) is 6.92 Å². The minimum Gasteiger partial charge on any atom is -0.214 e. The Morgan fingerprint density at radius 2 is 1.47 bits per heavy atom. The minimum atomic E-state index is 0. The van der Waals surface area contributed by atoms with Crippen LogP contribution in [0.5, 0.6) is 0 Å². The van der Waals surface area contributed by atoms with Gasteiger partial charge in [0.1, 0.15) is 0 Å². The van der Waals surface area contributed by atoms with Gasteiger partial charge in [0.2, 0.25) is 0 Å². The number of hydrogen-bond acceptors (Lipinski definition) is 0. The van der Waals surface area contributed by atoms with Crippen molar-refractivity contribution >= 4 is 10.8 Å². The molecule has 0 bridgehead atoms. The van der Waals surface area contributed by atoms with Crippen molar-refractivity contribution in [2.45, 2.75) is 13.8 Å². The molecule has 3 aromatic rings. The Balaban J connectivity index is 0.000000205. The van der Waals surface area contributed by atoms with E-state index in [1.807, 2.05) is 30.3 Å². The minimum absolute atomic E-state index is 0. The number of benzene rings is 1. The standard InChI is InChI=1S/C11H11.C5H5.Zr/c1-8-6-7-9(2)11-5-3-4-10(8)11;1-2-4-5-3-1;/h3-7H,1-2H3;1-5H;/q2*-1;+2. The first-order valence-corrected chi connectivity index (χ1v) is 5.57. The summed E-state index contributed by atoms with van der Waals surface area (Å²) in [4.78, 5) is 0. The molecular formula is C16H16Zr. The summed E-state index contributed by atoms with van der Waals surface area (Å²) < 4.78 is 0. The van der Waals surface area contributed by atoms with Crippen molar-refractivity contribution in [3.8, 4) is 0 Å². The second-order valence-electron chi connectivity index (χ2n) is 4.01. The van der Waals surface area contributed by atoms with Gasteiger partial charge in [-0.1, -0.05) is 18.6 Å².